The highest BCUT2D eigenvalue weighted by molar-refractivity contribution is 7.92. The smallest absolute Gasteiger partial charge is 0.305 e. The number of aromatic nitrogens is 2. The molecule has 9 nitrogen and oxygen atoms in total. The predicted octanol–water partition coefficient (Wildman–Crippen LogP) is 5.41. The summed E-state index contributed by atoms with van der Waals surface area (Å²) < 4.78 is 54.0. The van der Waals surface area contributed by atoms with E-state index in [0.717, 1.165) is 81.9 Å². The van der Waals surface area contributed by atoms with Crippen molar-refractivity contribution in [3.8, 4) is 0 Å². The van der Waals surface area contributed by atoms with Crippen LogP contribution < -0.4 is 4.90 Å². The van der Waals surface area contributed by atoms with Crippen molar-refractivity contribution >= 4 is 21.5 Å². The van der Waals surface area contributed by atoms with Gasteiger partial charge in [-0.15, -0.1) is 0 Å². The third-order valence-corrected chi connectivity index (χ3v) is 13.8. The van der Waals surface area contributed by atoms with Crippen molar-refractivity contribution in [2.75, 3.05) is 50.8 Å². The van der Waals surface area contributed by atoms with E-state index >= 15 is 4.39 Å². The molecule has 4 fully saturated rings. The maximum Gasteiger partial charge on any atom is 0.305 e. The zero-order valence-corrected chi connectivity index (χ0v) is 29.5. The number of sulfone groups is 1. The van der Waals surface area contributed by atoms with Crippen LogP contribution in [0.25, 0.3) is 0 Å². The lowest BCUT2D eigenvalue weighted by atomic mass is 9.58. The highest BCUT2D eigenvalue weighted by atomic mass is 32.2. The van der Waals surface area contributed by atoms with Gasteiger partial charge in [0.2, 0.25) is 0 Å². The van der Waals surface area contributed by atoms with Crippen molar-refractivity contribution < 1.29 is 27.1 Å². The number of halogens is 1. The second-order valence-corrected chi connectivity index (χ2v) is 16.8. The summed E-state index contributed by atoms with van der Waals surface area (Å²) in [6.07, 6.45) is 8.72. The summed E-state index contributed by atoms with van der Waals surface area (Å²) in [5.74, 6) is 1.42. The Morgan fingerprint density at radius 3 is 2.45 bits per heavy atom. The topological polar surface area (TPSA) is 94.0 Å². The molecule has 1 saturated carbocycles. The number of hydrogen-bond donors (Lipinski definition) is 0. The number of carbonyl (C=O) groups excluding carboxylic acids is 1. The van der Waals surface area contributed by atoms with Crippen molar-refractivity contribution in [1.82, 2.24) is 14.5 Å². The average molecular weight is 693 g/mol. The molecule has 3 saturated heterocycles. The van der Waals surface area contributed by atoms with E-state index in [1.807, 2.05) is 44.4 Å². The summed E-state index contributed by atoms with van der Waals surface area (Å²) in [5.41, 5.74) is 1.63. The number of ether oxygens (including phenoxy) is 2. The summed E-state index contributed by atoms with van der Waals surface area (Å²) in [6, 6.07) is 14.5. The standard InChI is InChI=1S/C38H49FN4O5S/c1-3-37(44)48-36-9-5-8-35(36)38(26-42-19-16-40-27(42)2,30-6-4-7-31(39)20-30)29-14-17-41(18-15-29)21-28-22-43(23-28)32-10-12-33(13-11-32)49(45,46)34-24-47-25-34/h4,6-7,10-13,16,19-20,28-29,34-36H,3,5,8-9,14-15,17-18,21-26H2,1-2H3/t35-,36-,38-/m0/s1. The number of aryl methyl sites for hydroxylation is 1. The summed E-state index contributed by atoms with van der Waals surface area (Å²) >= 11 is 0. The highest BCUT2D eigenvalue weighted by Crippen LogP contribution is 2.52. The maximum absolute atomic E-state index is 15.0. The van der Waals surface area contributed by atoms with Gasteiger partial charge in [0.15, 0.2) is 9.84 Å². The number of nitrogens with zero attached hydrogens (tertiary/aromatic N) is 4. The van der Waals surface area contributed by atoms with Crippen LogP contribution in [0, 0.1) is 30.5 Å². The molecule has 0 bridgehead atoms. The molecule has 49 heavy (non-hydrogen) atoms. The first-order valence-corrected chi connectivity index (χ1v) is 19.5. The summed E-state index contributed by atoms with van der Waals surface area (Å²) in [4.78, 5) is 22.4. The molecule has 0 spiro atoms. The third-order valence-electron chi connectivity index (χ3n) is 11.8. The second-order valence-electron chi connectivity index (χ2n) is 14.6. The van der Waals surface area contributed by atoms with Gasteiger partial charge in [0.1, 0.15) is 23.0 Å². The van der Waals surface area contributed by atoms with Gasteiger partial charge in [-0.3, -0.25) is 4.79 Å². The maximum atomic E-state index is 15.0. The third kappa shape index (κ3) is 6.78. The zero-order chi connectivity index (χ0) is 34.2. The molecule has 4 heterocycles. The number of imidazole rings is 1. The quantitative estimate of drug-likeness (QED) is 0.233. The SMILES string of the molecule is CCC(=O)O[C@H]1CCC[C@@H]1[C@](Cn1ccnc1C)(c1cccc(F)c1)C1CCN(CC2CN(c3ccc(S(=O)(=O)C4COC4)cc3)C2)CC1. The van der Waals surface area contributed by atoms with Gasteiger partial charge in [-0.1, -0.05) is 19.1 Å². The Hall–Kier alpha value is -3.28. The van der Waals surface area contributed by atoms with Crippen LogP contribution in [-0.2, 0) is 36.1 Å². The fourth-order valence-electron chi connectivity index (χ4n) is 8.95. The molecule has 2 aromatic carbocycles. The van der Waals surface area contributed by atoms with E-state index in [0.29, 0.717) is 23.8 Å². The molecule has 0 unspecified atom stereocenters. The zero-order valence-electron chi connectivity index (χ0n) is 28.7. The van der Waals surface area contributed by atoms with E-state index in [9.17, 15) is 13.2 Å². The highest BCUT2D eigenvalue weighted by Gasteiger charge is 2.53. The van der Waals surface area contributed by atoms with Gasteiger partial charge < -0.3 is 23.8 Å². The minimum Gasteiger partial charge on any atom is -0.462 e. The van der Waals surface area contributed by atoms with E-state index in [-0.39, 0.29) is 42.9 Å². The lowest BCUT2D eigenvalue weighted by molar-refractivity contribution is -0.152. The van der Waals surface area contributed by atoms with Crippen LogP contribution in [0.4, 0.5) is 10.1 Å². The molecule has 264 valence electrons. The number of hydrogen-bond acceptors (Lipinski definition) is 8. The van der Waals surface area contributed by atoms with Crippen molar-refractivity contribution in [2.45, 2.75) is 80.6 Å². The minimum atomic E-state index is -3.33. The Kier molecular flexibility index (Phi) is 9.87. The first kappa shape index (κ1) is 34.2. The van der Waals surface area contributed by atoms with Gasteiger partial charge in [-0.25, -0.2) is 17.8 Å². The van der Waals surface area contributed by atoms with Gasteiger partial charge in [-0.05, 0) is 100.0 Å². The molecule has 0 N–H and O–H groups in total. The van der Waals surface area contributed by atoms with E-state index in [4.69, 9.17) is 9.47 Å². The van der Waals surface area contributed by atoms with Crippen LogP contribution in [0.15, 0.2) is 65.8 Å². The molecular weight excluding hydrogens is 644 g/mol. The largest absolute Gasteiger partial charge is 0.462 e. The first-order valence-electron chi connectivity index (χ1n) is 18.0. The van der Waals surface area contributed by atoms with E-state index in [2.05, 4.69) is 25.4 Å². The minimum absolute atomic E-state index is 0.0757. The predicted molar refractivity (Wildman–Crippen MR) is 186 cm³/mol. The molecule has 3 aliphatic heterocycles. The summed E-state index contributed by atoms with van der Waals surface area (Å²) in [6.45, 7) is 9.93. The number of piperidine rings is 1. The van der Waals surface area contributed by atoms with Crippen molar-refractivity contribution in [1.29, 1.82) is 0 Å². The molecule has 1 aliphatic carbocycles. The normalized spacial score (nSPS) is 23.9. The van der Waals surface area contributed by atoms with Gasteiger partial charge >= 0.3 is 5.97 Å². The Balaban J connectivity index is 1.05. The van der Waals surface area contributed by atoms with Gasteiger partial charge in [0.05, 0.1) is 18.1 Å². The van der Waals surface area contributed by atoms with Crippen LogP contribution in [-0.4, -0.2) is 86.1 Å². The number of carbonyl (C=O) groups is 1. The Morgan fingerprint density at radius 1 is 1.06 bits per heavy atom. The van der Waals surface area contributed by atoms with Crippen molar-refractivity contribution in [3.05, 3.63) is 78.1 Å². The fraction of sp³-hybridized carbons (Fsp3) is 0.579. The van der Waals surface area contributed by atoms with E-state index in [1.165, 1.54) is 6.07 Å². The number of rotatable bonds is 12. The Labute approximate surface area is 289 Å². The first-order chi connectivity index (χ1) is 23.7. The number of anilines is 1. The lowest BCUT2D eigenvalue weighted by Gasteiger charge is -2.51. The molecule has 1 aromatic heterocycles. The second kappa shape index (κ2) is 14.2. The van der Waals surface area contributed by atoms with Crippen LogP contribution in [0.5, 0.6) is 0 Å². The fourth-order valence-corrected chi connectivity index (χ4v) is 10.4. The van der Waals surface area contributed by atoms with Gasteiger partial charge in [0.25, 0.3) is 0 Å². The molecular formula is C38H49FN4O5S. The van der Waals surface area contributed by atoms with E-state index < -0.39 is 20.5 Å². The van der Waals surface area contributed by atoms with Crippen molar-refractivity contribution in [3.63, 3.8) is 0 Å². The molecule has 0 radical (unpaired) electrons. The number of likely N-dealkylation sites (tertiary alicyclic amines) is 1. The van der Waals surface area contributed by atoms with Crippen LogP contribution >= 0.6 is 0 Å². The molecule has 0 amide bonds. The molecule has 4 aliphatic rings. The number of esters is 1. The van der Waals surface area contributed by atoms with Gasteiger partial charge in [-0.2, -0.15) is 0 Å². The van der Waals surface area contributed by atoms with Crippen molar-refractivity contribution in [2.24, 2.45) is 17.8 Å². The molecule has 3 atom stereocenters. The molecule has 11 heteroatoms. The summed E-state index contributed by atoms with van der Waals surface area (Å²) in [5, 5.41) is -0.428. The van der Waals surface area contributed by atoms with Gasteiger partial charge in [0, 0.05) is 67.9 Å². The lowest BCUT2D eigenvalue weighted by Crippen LogP contribution is -2.55. The Bertz CT molecular complexity index is 1710. The average Bonchev–Trinajstić information content (AvgIpc) is 3.69. The molecule has 7 rings (SSSR count). The Morgan fingerprint density at radius 2 is 1.82 bits per heavy atom. The van der Waals surface area contributed by atoms with Crippen LogP contribution in [0.3, 0.4) is 0 Å². The molecule has 3 aromatic rings. The van der Waals surface area contributed by atoms with Crippen LogP contribution in [0.2, 0.25) is 0 Å². The number of benzene rings is 2. The monoisotopic (exact) mass is 692 g/mol. The van der Waals surface area contributed by atoms with Crippen LogP contribution in [0.1, 0.15) is 56.8 Å². The summed E-state index contributed by atoms with van der Waals surface area (Å²) in [7, 11) is -3.33. The van der Waals surface area contributed by atoms with E-state index in [1.54, 1.807) is 18.2 Å².